The minimum Gasteiger partial charge on any atom is -0.477 e. The Morgan fingerprint density at radius 3 is 2.00 bits per heavy atom. The summed E-state index contributed by atoms with van der Waals surface area (Å²) in [5.41, 5.74) is -3.71. The number of halogens is 3. The van der Waals surface area contributed by atoms with Gasteiger partial charge in [-0.1, -0.05) is 0 Å². The Kier molecular flexibility index (Phi) is 3.58. The van der Waals surface area contributed by atoms with Crippen LogP contribution in [0.3, 0.4) is 0 Å². The number of carboxylic acids is 1. The molecule has 1 aliphatic rings. The summed E-state index contributed by atoms with van der Waals surface area (Å²) in [5, 5.41) is 8.83. The van der Waals surface area contributed by atoms with Gasteiger partial charge in [0.25, 0.3) is 0 Å². The van der Waals surface area contributed by atoms with Gasteiger partial charge in [-0.2, -0.15) is 0 Å². The molecule has 0 radical (unpaired) electrons. The van der Waals surface area contributed by atoms with Crippen LogP contribution in [-0.4, -0.2) is 29.4 Å². The van der Waals surface area contributed by atoms with Crippen LogP contribution in [0.5, 0.6) is 0 Å². The fourth-order valence-corrected chi connectivity index (χ4v) is 1.98. The minimum atomic E-state index is -1.83. The standard InChI is InChI=1S/C13H14BF3O4/c1-12(2)13(3,4)21-14(20-12)9-7(16)5-6(15)8(10(9)17)11(18)19/h5H,1-4H3,(H,18,19). The van der Waals surface area contributed by atoms with Gasteiger partial charge in [0.2, 0.25) is 0 Å². The molecule has 4 nitrogen and oxygen atoms in total. The number of carbonyl (C=O) groups is 1. The van der Waals surface area contributed by atoms with Crippen molar-refractivity contribution in [3.8, 4) is 0 Å². The van der Waals surface area contributed by atoms with Crippen LogP contribution >= 0.6 is 0 Å². The molecule has 1 N–H and O–H groups in total. The van der Waals surface area contributed by atoms with Gasteiger partial charge in [0.1, 0.15) is 23.0 Å². The summed E-state index contributed by atoms with van der Waals surface area (Å²) < 4.78 is 52.4. The number of hydrogen-bond acceptors (Lipinski definition) is 3. The van der Waals surface area contributed by atoms with Crippen molar-refractivity contribution in [2.24, 2.45) is 0 Å². The highest BCUT2D eigenvalue weighted by Crippen LogP contribution is 2.37. The molecule has 114 valence electrons. The van der Waals surface area contributed by atoms with Crippen molar-refractivity contribution in [3.63, 3.8) is 0 Å². The smallest absolute Gasteiger partial charge is 0.477 e. The van der Waals surface area contributed by atoms with Gasteiger partial charge in [-0.25, -0.2) is 18.0 Å². The van der Waals surface area contributed by atoms with Crippen molar-refractivity contribution in [1.29, 1.82) is 0 Å². The molecule has 2 rings (SSSR count). The molecule has 1 fully saturated rings. The molecule has 0 unspecified atom stereocenters. The molecule has 8 heteroatoms. The molecular weight excluding hydrogens is 288 g/mol. The monoisotopic (exact) mass is 302 g/mol. The van der Waals surface area contributed by atoms with Gasteiger partial charge in [-0.05, 0) is 27.7 Å². The fourth-order valence-electron chi connectivity index (χ4n) is 1.98. The van der Waals surface area contributed by atoms with E-state index in [9.17, 15) is 18.0 Å². The number of rotatable bonds is 2. The van der Waals surface area contributed by atoms with Crippen LogP contribution in [0.25, 0.3) is 0 Å². The van der Waals surface area contributed by atoms with Gasteiger partial charge in [0.15, 0.2) is 0 Å². The van der Waals surface area contributed by atoms with E-state index in [0.29, 0.717) is 6.07 Å². The molecule has 0 atom stereocenters. The molecule has 1 aromatic carbocycles. The number of benzene rings is 1. The molecule has 0 aromatic heterocycles. The Balaban J connectivity index is 2.57. The highest BCUT2D eigenvalue weighted by atomic mass is 19.1. The van der Waals surface area contributed by atoms with Crippen LogP contribution in [0, 0.1) is 17.5 Å². The SMILES string of the molecule is CC1(C)OB(c2c(F)cc(F)c(C(=O)O)c2F)OC1(C)C. The van der Waals surface area contributed by atoms with E-state index in [1.54, 1.807) is 27.7 Å². The molecule has 1 heterocycles. The van der Waals surface area contributed by atoms with Gasteiger partial charge < -0.3 is 14.4 Å². The van der Waals surface area contributed by atoms with Crippen LogP contribution in [0.1, 0.15) is 38.1 Å². The van der Waals surface area contributed by atoms with Crippen molar-refractivity contribution in [2.45, 2.75) is 38.9 Å². The molecule has 0 saturated carbocycles. The summed E-state index contributed by atoms with van der Waals surface area (Å²) in [6.07, 6.45) is 0. The van der Waals surface area contributed by atoms with Crippen molar-refractivity contribution < 1.29 is 32.4 Å². The van der Waals surface area contributed by atoms with Crippen LogP contribution in [0.4, 0.5) is 13.2 Å². The lowest BCUT2D eigenvalue weighted by atomic mass is 9.77. The van der Waals surface area contributed by atoms with Gasteiger partial charge in [0, 0.05) is 6.07 Å². The van der Waals surface area contributed by atoms with Crippen molar-refractivity contribution in [2.75, 3.05) is 0 Å². The number of aromatic carboxylic acids is 1. The zero-order valence-electron chi connectivity index (χ0n) is 12.0. The summed E-state index contributed by atoms with van der Waals surface area (Å²) >= 11 is 0. The second-order valence-electron chi connectivity index (χ2n) is 5.84. The van der Waals surface area contributed by atoms with Gasteiger partial charge in [-0.3, -0.25) is 0 Å². The molecule has 0 amide bonds. The van der Waals surface area contributed by atoms with Crippen molar-refractivity contribution >= 4 is 18.6 Å². The maximum Gasteiger partial charge on any atom is 0.500 e. The average molecular weight is 302 g/mol. The predicted octanol–water partition coefficient (Wildman–Crippen LogP) is 2.10. The normalized spacial score (nSPS) is 19.9. The van der Waals surface area contributed by atoms with E-state index in [1.807, 2.05) is 0 Å². The van der Waals surface area contributed by atoms with Gasteiger partial charge >= 0.3 is 13.1 Å². The fraction of sp³-hybridized carbons (Fsp3) is 0.462. The molecule has 0 aliphatic carbocycles. The molecular formula is C13H14BF3O4. The molecule has 1 saturated heterocycles. The summed E-state index contributed by atoms with van der Waals surface area (Å²) in [6.45, 7) is 6.68. The van der Waals surface area contributed by atoms with E-state index in [2.05, 4.69) is 0 Å². The molecule has 0 bridgehead atoms. The number of hydrogen-bond donors (Lipinski definition) is 1. The summed E-state index contributed by atoms with van der Waals surface area (Å²) in [7, 11) is -1.45. The van der Waals surface area contributed by atoms with E-state index in [0.717, 1.165) is 0 Å². The van der Waals surface area contributed by atoms with Crippen LogP contribution in [0.2, 0.25) is 0 Å². The Morgan fingerprint density at radius 2 is 1.57 bits per heavy atom. The van der Waals surface area contributed by atoms with Crippen LogP contribution in [-0.2, 0) is 9.31 Å². The second kappa shape index (κ2) is 4.74. The predicted molar refractivity (Wildman–Crippen MR) is 69.0 cm³/mol. The maximum absolute atomic E-state index is 14.2. The van der Waals surface area contributed by atoms with Crippen molar-refractivity contribution in [3.05, 3.63) is 29.1 Å². The minimum absolute atomic E-state index is 0.312. The lowest BCUT2D eigenvalue weighted by molar-refractivity contribution is 0.00578. The lowest BCUT2D eigenvalue weighted by Crippen LogP contribution is -2.41. The summed E-state index contributed by atoms with van der Waals surface area (Å²) in [4.78, 5) is 10.9. The van der Waals surface area contributed by atoms with E-state index >= 15 is 0 Å². The number of carboxylic acid groups (broad SMARTS) is 1. The van der Waals surface area contributed by atoms with Crippen molar-refractivity contribution in [1.82, 2.24) is 0 Å². The molecule has 1 aliphatic heterocycles. The zero-order valence-corrected chi connectivity index (χ0v) is 12.0. The lowest BCUT2D eigenvalue weighted by Gasteiger charge is -2.32. The third-order valence-corrected chi connectivity index (χ3v) is 3.91. The Labute approximate surface area is 120 Å². The summed E-state index contributed by atoms with van der Waals surface area (Å²) in [5.74, 6) is -6.10. The first kappa shape index (κ1) is 15.8. The van der Waals surface area contributed by atoms with Crippen LogP contribution < -0.4 is 5.46 Å². The third kappa shape index (κ3) is 2.42. The Morgan fingerprint density at radius 1 is 1.10 bits per heavy atom. The largest absolute Gasteiger partial charge is 0.500 e. The average Bonchev–Trinajstić information content (AvgIpc) is 2.45. The van der Waals surface area contributed by atoms with E-state index in [1.165, 1.54) is 0 Å². The third-order valence-electron chi connectivity index (χ3n) is 3.91. The second-order valence-corrected chi connectivity index (χ2v) is 5.84. The van der Waals surface area contributed by atoms with Crippen LogP contribution in [0.15, 0.2) is 6.07 Å². The van der Waals surface area contributed by atoms with E-state index < -0.39 is 52.8 Å². The highest BCUT2D eigenvalue weighted by Gasteiger charge is 2.53. The summed E-state index contributed by atoms with van der Waals surface area (Å²) in [6, 6.07) is 0.312. The topological polar surface area (TPSA) is 55.8 Å². The highest BCUT2D eigenvalue weighted by molar-refractivity contribution is 6.62. The first-order valence-corrected chi connectivity index (χ1v) is 6.24. The Bertz CT molecular complexity index is 600. The molecule has 1 aromatic rings. The van der Waals surface area contributed by atoms with Gasteiger partial charge in [0.05, 0.1) is 16.7 Å². The first-order valence-electron chi connectivity index (χ1n) is 6.24. The van der Waals surface area contributed by atoms with E-state index in [4.69, 9.17) is 14.4 Å². The Hall–Kier alpha value is -1.54. The van der Waals surface area contributed by atoms with Gasteiger partial charge in [-0.15, -0.1) is 0 Å². The quantitative estimate of drug-likeness (QED) is 0.850. The molecule has 21 heavy (non-hydrogen) atoms. The molecule has 0 spiro atoms. The maximum atomic E-state index is 14.2. The zero-order chi connectivity index (χ0) is 16.2. The first-order chi connectivity index (χ1) is 9.48. The van der Waals surface area contributed by atoms with E-state index in [-0.39, 0.29) is 0 Å².